The lowest BCUT2D eigenvalue weighted by molar-refractivity contribution is -0.116. The molecule has 22 heavy (non-hydrogen) atoms. The van der Waals surface area contributed by atoms with Gasteiger partial charge in [0.05, 0.1) is 0 Å². The SMILES string of the molecule is CC(=O)Cc1ccc2c(c1)C(c1ccc(N(C)C)cc1)CC2. The van der Waals surface area contributed by atoms with E-state index in [2.05, 4.69) is 61.5 Å². The molecule has 2 heteroatoms. The topological polar surface area (TPSA) is 20.3 Å². The predicted molar refractivity (Wildman–Crippen MR) is 91.8 cm³/mol. The van der Waals surface area contributed by atoms with Crippen molar-refractivity contribution >= 4 is 11.5 Å². The summed E-state index contributed by atoms with van der Waals surface area (Å²) in [7, 11) is 4.13. The number of aryl methyl sites for hydroxylation is 1. The van der Waals surface area contributed by atoms with Crippen LogP contribution in [-0.2, 0) is 17.6 Å². The normalized spacial score (nSPS) is 16.4. The van der Waals surface area contributed by atoms with E-state index in [-0.39, 0.29) is 5.78 Å². The third-order valence-corrected chi connectivity index (χ3v) is 4.55. The van der Waals surface area contributed by atoms with Gasteiger partial charge < -0.3 is 4.90 Å². The monoisotopic (exact) mass is 293 g/mol. The van der Waals surface area contributed by atoms with E-state index in [1.54, 1.807) is 6.92 Å². The Morgan fingerprint density at radius 2 is 1.86 bits per heavy atom. The van der Waals surface area contributed by atoms with E-state index in [1.807, 2.05) is 0 Å². The van der Waals surface area contributed by atoms with Crippen molar-refractivity contribution in [3.8, 4) is 0 Å². The van der Waals surface area contributed by atoms with Crippen LogP contribution in [0.4, 0.5) is 5.69 Å². The highest BCUT2D eigenvalue weighted by atomic mass is 16.1. The first kappa shape index (κ1) is 14.8. The minimum Gasteiger partial charge on any atom is -0.378 e. The highest BCUT2D eigenvalue weighted by Gasteiger charge is 2.24. The number of ketones is 1. The lowest BCUT2D eigenvalue weighted by atomic mass is 9.91. The second-order valence-corrected chi connectivity index (χ2v) is 6.49. The third-order valence-electron chi connectivity index (χ3n) is 4.55. The van der Waals surface area contributed by atoms with E-state index in [0.29, 0.717) is 12.3 Å². The number of nitrogens with zero attached hydrogens (tertiary/aromatic N) is 1. The Balaban J connectivity index is 1.90. The van der Waals surface area contributed by atoms with Crippen molar-refractivity contribution in [2.24, 2.45) is 0 Å². The van der Waals surface area contributed by atoms with Crippen LogP contribution < -0.4 is 4.90 Å². The first-order valence-electron chi connectivity index (χ1n) is 7.93. The Labute approximate surface area is 132 Å². The largest absolute Gasteiger partial charge is 0.378 e. The molecule has 0 bridgehead atoms. The van der Waals surface area contributed by atoms with E-state index in [9.17, 15) is 4.79 Å². The molecule has 114 valence electrons. The Hall–Kier alpha value is -2.09. The molecule has 0 spiro atoms. The molecule has 1 aliphatic rings. The maximum absolute atomic E-state index is 11.4. The Morgan fingerprint density at radius 3 is 2.50 bits per heavy atom. The zero-order chi connectivity index (χ0) is 15.7. The molecule has 2 aromatic rings. The van der Waals surface area contributed by atoms with E-state index in [1.165, 1.54) is 28.8 Å². The lowest BCUT2D eigenvalue weighted by Gasteiger charge is -2.16. The van der Waals surface area contributed by atoms with Gasteiger partial charge >= 0.3 is 0 Å². The average molecular weight is 293 g/mol. The number of hydrogen-bond acceptors (Lipinski definition) is 2. The number of Topliss-reactive ketones (excluding diaryl/α,β-unsaturated/α-hetero) is 1. The molecular weight excluding hydrogens is 270 g/mol. The first-order valence-corrected chi connectivity index (χ1v) is 7.93. The van der Waals surface area contributed by atoms with Crippen molar-refractivity contribution in [2.75, 3.05) is 19.0 Å². The maximum Gasteiger partial charge on any atom is 0.134 e. The predicted octanol–water partition coefficient (Wildman–Crippen LogP) is 3.96. The van der Waals surface area contributed by atoms with Crippen LogP contribution in [0.25, 0.3) is 0 Å². The van der Waals surface area contributed by atoms with Crippen LogP contribution in [-0.4, -0.2) is 19.9 Å². The van der Waals surface area contributed by atoms with Gasteiger partial charge in [-0.1, -0.05) is 30.3 Å². The molecule has 0 amide bonds. The number of carbonyl (C=O) groups is 1. The van der Waals surface area contributed by atoms with Crippen molar-refractivity contribution in [2.45, 2.75) is 32.1 Å². The van der Waals surface area contributed by atoms with Crippen molar-refractivity contribution in [1.29, 1.82) is 0 Å². The molecule has 0 aliphatic heterocycles. The van der Waals surface area contributed by atoms with Gasteiger partial charge in [-0.15, -0.1) is 0 Å². The summed E-state index contributed by atoms with van der Waals surface area (Å²) in [6, 6.07) is 15.4. The van der Waals surface area contributed by atoms with Gasteiger partial charge in [0.2, 0.25) is 0 Å². The van der Waals surface area contributed by atoms with Crippen molar-refractivity contribution in [1.82, 2.24) is 0 Å². The van der Waals surface area contributed by atoms with E-state index < -0.39 is 0 Å². The van der Waals surface area contributed by atoms with Crippen LogP contribution in [0.5, 0.6) is 0 Å². The zero-order valence-corrected chi connectivity index (χ0v) is 13.6. The fourth-order valence-electron chi connectivity index (χ4n) is 3.40. The molecule has 0 heterocycles. The van der Waals surface area contributed by atoms with Crippen molar-refractivity contribution in [3.63, 3.8) is 0 Å². The zero-order valence-electron chi connectivity index (χ0n) is 13.6. The quantitative estimate of drug-likeness (QED) is 0.850. The number of benzene rings is 2. The summed E-state index contributed by atoms with van der Waals surface area (Å²) in [6.07, 6.45) is 2.84. The number of anilines is 1. The Morgan fingerprint density at radius 1 is 1.14 bits per heavy atom. The molecule has 0 radical (unpaired) electrons. The molecule has 1 unspecified atom stereocenters. The summed E-state index contributed by atoms with van der Waals surface area (Å²) < 4.78 is 0. The summed E-state index contributed by atoms with van der Waals surface area (Å²) in [5, 5.41) is 0. The maximum atomic E-state index is 11.4. The van der Waals surface area contributed by atoms with Gasteiger partial charge in [0.15, 0.2) is 0 Å². The highest BCUT2D eigenvalue weighted by Crippen LogP contribution is 2.39. The van der Waals surface area contributed by atoms with Crippen molar-refractivity contribution < 1.29 is 4.79 Å². The fourth-order valence-corrected chi connectivity index (χ4v) is 3.40. The van der Waals surface area contributed by atoms with Gasteiger partial charge in [-0.3, -0.25) is 4.79 Å². The lowest BCUT2D eigenvalue weighted by Crippen LogP contribution is -2.08. The van der Waals surface area contributed by atoms with Gasteiger partial charge in [-0.05, 0) is 54.2 Å². The number of hydrogen-bond donors (Lipinski definition) is 0. The minimum absolute atomic E-state index is 0.227. The molecule has 1 atom stereocenters. The molecular formula is C20H23NO. The van der Waals surface area contributed by atoms with Gasteiger partial charge in [0, 0.05) is 32.1 Å². The first-order chi connectivity index (χ1) is 10.5. The minimum atomic E-state index is 0.227. The number of rotatable bonds is 4. The highest BCUT2D eigenvalue weighted by molar-refractivity contribution is 5.78. The third kappa shape index (κ3) is 2.92. The molecule has 0 N–H and O–H groups in total. The van der Waals surface area contributed by atoms with Crippen LogP contribution in [0.2, 0.25) is 0 Å². The van der Waals surface area contributed by atoms with Crippen LogP contribution in [0.3, 0.4) is 0 Å². The van der Waals surface area contributed by atoms with Crippen LogP contribution in [0, 0.1) is 0 Å². The van der Waals surface area contributed by atoms with E-state index >= 15 is 0 Å². The summed E-state index contributed by atoms with van der Waals surface area (Å²) in [5.41, 5.74) is 6.60. The smallest absolute Gasteiger partial charge is 0.134 e. The molecule has 0 saturated heterocycles. The van der Waals surface area contributed by atoms with Crippen LogP contribution in [0.15, 0.2) is 42.5 Å². The molecule has 2 nitrogen and oxygen atoms in total. The number of carbonyl (C=O) groups excluding carboxylic acids is 1. The average Bonchev–Trinajstić information content (AvgIpc) is 2.90. The van der Waals surface area contributed by atoms with Crippen LogP contribution in [0.1, 0.15) is 41.5 Å². The summed E-state index contributed by atoms with van der Waals surface area (Å²) >= 11 is 0. The van der Waals surface area contributed by atoms with Crippen LogP contribution >= 0.6 is 0 Å². The fraction of sp³-hybridized carbons (Fsp3) is 0.350. The van der Waals surface area contributed by atoms with E-state index in [0.717, 1.165) is 12.0 Å². The Kier molecular flexibility index (Phi) is 4.02. The summed E-state index contributed by atoms with van der Waals surface area (Å²) in [6.45, 7) is 1.66. The second-order valence-electron chi connectivity index (χ2n) is 6.49. The molecule has 1 aliphatic carbocycles. The summed E-state index contributed by atoms with van der Waals surface area (Å²) in [4.78, 5) is 13.5. The Bertz CT molecular complexity index is 685. The standard InChI is InChI=1S/C20H23NO/c1-14(22)12-15-4-5-17-8-11-19(20(17)13-15)16-6-9-18(10-7-16)21(2)3/h4-7,9-10,13,19H,8,11-12H2,1-3H3. The molecule has 0 fully saturated rings. The van der Waals surface area contributed by atoms with Gasteiger partial charge in [-0.2, -0.15) is 0 Å². The number of fused-ring (bicyclic) bond motifs is 1. The molecule has 2 aromatic carbocycles. The second kappa shape index (κ2) is 5.96. The van der Waals surface area contributed by atoms with Gasteiger partial charge in [0.1, 0.15) is 5.78 Å². The van der Waals surface area contributed by atoms with E-state index in [4.69, 9.17) is 0 Å². The van der Waals surface area contributed by atoms with Gasteiger partial charge in [0.25, 0.3) is 0 Å². The molecule has 3 rings (SSSR count). The molecule has 0 saturated carbocycles. The van der Waals surface area contributed by atoms with Crippen molar-refractivity contribution in [3.05, 3.63) is 64.7 Å². The molecule has 0 aromatic heterocycles. The summed E-state index contributed by atoms with van der Waals surface area (Å²) in [5.74, 6) is 0.697. The van der Waals surface area contributed by atoms with Gasteiger partial charge in [-0.25, -0.2) is 0 Å².